The van der Waals surface area contributed by atoms with Crippen LogP contribution >= 0.6 is 0 Å². The van der Waals surface area contributed by atoms with Gasteiger partial charge in [0.25, 0.3) is 0 Å². The summed E-state index contributed by atoms with van der Waals surface area (Å²) in [6.45, 7) is 5.05. The smallest absolute Gasteiger partial charge is 0.169 e. The minimum atomic E-state index is 0.191. The Kier molecular flexibility index (Phi) is 3.62. The number of anilines is 2. The summed E-state index contributed by atoms with van der Waals surface area (Å²) in [5.74, 6) is 0.613. The molecule has 2 heterocycles. The van der Waals surface area contributed by atoms with Crippen LogP contribution in [0.3, 0.4) is 0 Å². The number of nitrogen functional groups attached to an aromatic ring is 1. The summed E-state index contributed by atoms with van der Waals surface area (Å²) < 4.78 is 0. The van der Waals surface area contributed by atoms with E-state index in [9.17, 15) is 5.11 Å². The first kappa shape index (κ1) is 14.6. The molecule has 1 aliphatic rings. The normalized spacial score (nSPS) is 16.4. The summed E-state index contributed by atoms with van der Waals surface area (Å²) in [6, 6.07) is 9.00. The monoisotopic (exact) mass is 299 g/mol. The summed E-state index contributed by atoms with van der Waals surface area (Å²) in [6.07, 6.45) is 0. The number of benzene rings is 1. The molecule has 2 aromatic rings. The second-order valence-electron chi connectivity index (χ2n) is 6.21. The Morgan fingerprint density at radius 1 is 1.32 bits per heavy atom. The molecule has 1 aromatic heterocycles. The van der Waals surface area contributed by atoms with E-state index >= 15 is 0 Å². The number of hydrogen-bond acceptors (Lipinski definition) is 6. The fourth-order valence-corrected chi connectivity index (χ4v) is 3.05. The van der Waals surface area contributed by atoms with Gasteiger partial charge in [0.15, 0.2) is 5.82 Å². The second-order valence-corrected chi connectivity index (χ2v) is 6.21. The predicted octanol–water partition coefficient (Wildman–Crippen LogP) is 1.48. The first-order valence-electron chi connectivity index (χ1n) is 7.33. The van der Waals surface area contributed by atoms with Crippen molar-refractivity contribution in [2.45, 2.75) is 6.92 Å². The Hall–Kier alpha value is -2.34. The van der Waals surface area contributed by atoms with Gasteiger partial charge < -0.3 is 21.1 Å². The molecular weight excluding hydrogens is 278 g/mol. The van der Waals surface area contributed by atoms with Crippen LogP contribution in [0, 0.1) is 5.41 Å². The largest absolute Gasteiger partial charge is 0.507 e. The predicted molar refractivity (Wildman–Crippen MR) is 87.8 cm³/mol. The topological polar surface area (TPSA) is 87.3 Å². The third-order valence-corrected chi connectivity index (χ3v) is 4.07. The summed E-state index contributed by atoms with van der Waals surface area (Å²) in [7, 11) is 1.96. The van der Waals surface area contributed by atoms with E-state index in [2.05, 4.69) is 27.3 Å². The molecule has 0 saturated carbocycles. The summed E-state index contributed by atoms with van der Waals surface area (Å²) >= 11 is 0. The average molecular weight is 299 g/mol. The Morgan fingerprint density at radius 3 is 2.73 bits per heavy atom. The van der Waals surface area contributed by atoms with Crippen LogP contribution < -0.4 is 16.0 Å². The lowest BCUT2D eigenvalue weighted by Gasteiger charge is -2.49. The fraction of sp³-hybridized carbons (Fsp3) is 0.375. The number of rotatable bonds is 4. The van der Waals surface area contributed by atoms with Crippen molar-refractivity contribution in [1.82, 2.24) is 15.5 Å². The van der Waals surface area contributed by atoms with Gasteiger partial charge in [-0.15, -0.1) is 10.2 Å². The quantitative estimate of drug-likeness (QED) is 0.792. The van der Waals surface area contributed by atoms with E-state index in [1.54, 1.807) is 12.1 Å². The Bertz CT molecular complexity index is 682. The molecule has 3 rings (SSSR count). The van der Waals surface area contributed by atoms with E-state index < -0.39 is 0 Å². The SMILES string of the molecule is CNCC1(C)CN(c2cc(-c3ccccc3O)nnc2N)C1. The van der Waals surface area contributed by atoms with Crippen molar-refractivity contribution >= 4 is 11.5 Å². The average Bonchev–Trinajstić information content (AvgIpc) is 2.46. The molecule has 0 radical (unpaired) electrons. The van der Waals surface area contributed by atoms with Crippen LogP contribution in [0.2, 0.25) is 0 Å². The molecule has 0 aliphatic carbocycles. The van der Waals surface area contributed by atoms with E-state index in [1.165, 1.54) is 0 Å². The van der Waals surface area contributed by atoms with Gasteiger partial charge >= 0.3 is 0 Å². The maximum atomic E-state index is 9.97. The standard InChI is InChI=1S/C16H21N5O/c1-16(8-18-2)9-21(10-16)13-7-12(19-20-15(13)17)11-5-3-4-6-14(11)22/h3-7,18,22H,8-10H2,1-2H3,(H2,17,20). The minimum Gasteiger partial charge on any atom is -0.507 e. The molecule has 0 spiro atoms. The highest BCUT2D eigenvalue weighted by Crippen LogP contribution is 2.38. The van der Waals surface area contributed by atoms with Crippen LogP contribution in [0.1, 0.15) is 6.92 Å². The van der Waals surface area contributed by atoms with E-state index in [1.807, 2.05) is 25.2 Å². The number of phenolic OH excluding ortho intramolecular Hbond substituents is 1. The molecule has 0 amide bonds. The molecule has 1 fully saturated rings. The lowest BCUT2D eigenvalue weighted by molar-refractivity contribution is 0.238. The van der Waals surface area contributed by atoms with Gasteiger partial charge in [-0.2, -0.15) is 0 Å². The van der Waals surface area contributed by atoms with Gasteiger partial charge in [0.1, 0.15) is 5.75 Å². The number of aromatic nitrogens is 2. The van der Waals surface area contributed by atoms with Gasteiger partial charge in [0.05, 0.1) is 11.4 Å². The lowest BCUT2D eigenvalue weighted by Crippen LogP contribution is -2.58. The van der Waals surface area contributed by atoms with Gasteiger partial charge in [-0.3, -0.25) is 0 Å². The van der Waals surface area contributed by atoms with Crippen molar-refractivity contribution in [2.75, 3.05) is 37.3 Å². The third-order valence-electron chi connectivity index (χ3n) is 4.07. The van der Waals surface area contributed by atoms with Crippen LogP contribution in [-0.2, 0) is 0 Å². The molecule has 22 heavy (non-hydrogen) atoms. The van der Waals surface area contributed by atoms with Gasteiger partial charge in [0, 0.05) is 30.6 Å². The maximum absolute atomic E-state index is 9.97. The Balaban J connectivity index is 1.88. The number of nitrogens with zero attached hydrogens (tertiary/aromatic N) is 3. The van der Waals surface area contributed by atoms with Crippen molar-refractivity contribution in [3.63, 3.8) is 0 Å². The van der Waals surface area contributed by atoms with Gasteiger partial charge in [-0.25, -0.2) is 0 Å². The summed E-state index contributed by atoms with van der Waals surface area (Å²) in [5.41, 5.74) is 8.40. The summed E-state index contributed by atoms with van der Waals surface area (Å²) in [4.78, 5) is 2.20. The molecule has 6 heteroatoms. The number of hydrogen-bond donors (Lipinski definition) is 3. The zero-order valence-electron chi connectivity index (χ0n) is 12.9. The number of aromatic hydroxyl groups is 1. The van der Waals surface area contributed by atoms with Crippen LogP contribution in [0.15, 0.2) is 30.3 Å². The molecule has 4 N–H and O–H groups in total. The van der Waals surface area contributed by atoms with E-state index in [-0.39, 0.29) is 11.2 Å². The number of para-hydroxylation sites is 1. The molecule has 0 bridgehead atoms. The first-order valence-corrected chi connectivity index (χ1v) is 7.33. The molecular formula is C16H21N5O. The molecule has 1 aliphatic heterocycles. The third kappa shape index (κ3) is 2.57. The number of nitrogens with one attached hydrogen (secondary N) is 1. The number of phenols is 1. The molecule has 1 aromatic carbocycles. The first-order chi connectivity index (χ1) is 10.5. The molecule has 0 atom stereocenters. The van der Waals surface area contributed by atoms with E-state index in [0.29, 0.717) is 17.1 Å². The van der Waals surface area contributed by atoms with Crippen LogP contribution in [0.4, 0.5) is 11.5 Å². The van der Waals surface area contributed by atoms with Crippen LogP contribution in [0.25, 0.3) is 11.3 Å². The maximum Gasteiger partial charge on any atom is 0.169 e. The van der Waals surface area contributed by atoms with Gasteiger partial charge in [0.2, 0.25) is 0 Å². The van der Waals surface area contributed by atoms with E-state index in [4.69, 9.17) is 5.73 Å². The second kappa shape index (κ2) is 5.46. The van der Waals surface area contributed by atoms with Gasteiger partial charge in [-0.05, 0) is 25.2 Å². The van der Waals surface area contributed by atoms with Crippen LogP contribution in [-0.4, -0.2) is 42.0 Å². The van der Waals surface area contributed by atoms with Crippen molar-refractivity contribution < 1.29 is 5.11 Å². The van der Waals surface area contributed by atoms with Crippen molar-refractivity contribution in [3.8, 4) is 17.0 Å². The van der Waals surface area contributed by atoms with Crippen molar-refractivity contribution in [2.24, 2.45) is 5.41 Å². The van der Waals surface area contributed by atoms with E-state index in [0.717, 1.165) is 25.3 Å². The van der Waals surface area contributed by atoms with Crippen LogP contribution in [0.5, 0.6) is 5.75 Å². The summed E-state index contributed by atoms with van der Waals surface area (Å²) in [5, 5.41) is 21.4. The Labute approximate surface area is 130 Å². The van der Waals surface area contributed by atoms with Crippen molar-refractivity contribution in [3.05, 3.63) is 30.3 Å². The zero-order chi connectivity index (χ0) is 15.7. The van der Waals surface area contributed by atoms with Crippen molar-refractivity contribution in [1.29, 1.82) is 0 Å². The zero-order valence-corrected chi connectivity index (χ0v) is 12.9. The highest BCUT2D eigenvalue weighted by Gasteiger charge is 2.39. The molecule has 6 nitrogen and oxygen atoms in total. The fourth-order valence-electron chi connectivity index (χ4n) is 3.05. The number of nitrogens with two attached hydrogens (primary N) is 1. The molecule has 1 saturated heterocycles. The minimum absolute atomic E-state index is 0.191. The highest BCUT2D eigenvalue weighted by molar-refractivity contribution is 5.74. The molecule has 0 unspecified atom stereocenters. The Morgan fingerprint density at radius 2 is 2.05 bits per heavy atom. The van der Waals surface area contributed by atoms with Gasteiger partial charge in [-0.1, -0.05) is 19.1 Å². The lowest BCUT2D eigenvalue weighted by atomic mass is 9.81. The highest BCUT2D eigenvalue weighted by atomic mass is 16.3. The molecule has 116 valence electrons.